The molecule has 0 saturated carbocycles. The second kappa shape index (κ2) is 9.69. The zero-order valence-electron chi connectivity index (χ0n) is 17.4. The van der Waals surface area contributed by atoms with Gasteiger partial charge in [0.1, 0.15) is 5.82 Å². The summed E-state index contributed by atoms with van der Waals surface area (Å²) in [4.78, 5) is 23.9. The van der Waals surface area contributed by atoms with Crippen molar-refractivity contribution in [2.75, 3.05) is 26.2 Å². The monoisotopic (exact) mass is 463 g/mol. The van der Waals surface area contributed by atoms with Gasteiger partial charge in [0.05, 0.1) is 28.3 Å². The molecule has 4 rings (SSSR count). The van der Waals surface area contributed by atoms with E-state index in [-0.39, 0.29) is 30.5 Å². The first-order valence-electron chi connectivity index (χ1n) is 10.6. The maximum Gasteiger partial charge on any atom is 0.318 e. The number of nitrogens with zero attached hydrogens (tertiary/aromatic N) is 3. The number of aromatic nitrogens is 2. The first-order chi connectivity index (χ1) is 14.9. The van der Waals surface area contributed by atoms with Crippen LogP contribution in [0.25, 0.3) is 0 Å². The summed E-state index contributed by atoms with van der Waals surface area (Å²) in [5.74, 6) is 0.945. The Kier molecular flexibility index (Phi) is 6.96. The minimum absolute atomic E-state index is 0.0301. The Hall–Kier alpha value is -1.93. The lowest BCUT2D eigenvalue weighted by molar-refractivity contribution is 0.187. The van der Waals surface area contributed by atoms with E-state index in [4.69, 9.17) is 23.2 Å². The summed E-state index contributed by atoms with van der Waals surface area (Å²) >= 11 is 12.2. The van der Waals surface area contributed by atoms with Crippen LogP contribution in [-0.4, -0.2) is 58.3 Å². The van der Waals surface area contributed by atoms with Crippen molar-refractivity contribution >= 4 is 29.2 Å². The highest BCUT2D eigenvalue weighted by molar-refractivity contribution is 6.42. The number of rotatable bonds is 5. The average molecular weight is 464 g/mol. The molecule has 0 radical (unpaired) electrons. The molecule has 3 heterocycles. The predicted molar refractivity (Wildman–Crippen MR) is 120 cm³/mol. The number of carbonyl (C=O) groups excluding carboxylic acids is 1. The quantitative estimate of drug-likeness (QED) is 0.633. The third-order valence-electron chi connectivity index (χ3n) is 6.02. The van der Waals surface area contributed by atoms with Gasteiger partial charge in [0.15, 0.2) is 0 Å². The average Bonchev–Trinajstić information content (AvgIpc) is 3.23. The van der Waals surface area contributed by atoms with E-state index >= 15 is 0 Å². The molecule has 9 heteroatoms. The van der Waals surface area contributed by atoms with Gasteiger partial charge >= 0.3 is 6.03 Å². The standard InChI is InChI=1S/C22H27Cl2N5O2/c1-13(12-30)6-21-26-8-15-4-5-29(11-20(15)27-21)22(31)28-19-10-25-9-16(19)14-2-3-17(23)18(24)7-14/h2-3,7-8,13,16,19,25,30H,4-6,9-12H2,1H3,(H,28,31)/t13-,16+,19-/m1/s1. The molecule has 0 bridgehead atoms. The highest BCUT2D eigenvalue weighted by Gasteiger charge is 2.32. The molecule has 2 aliphatic rings. The number of hydrogen-bond acceptors (Lipinski definition) is 5. The van der Waals surface area contributed by atoms with Gasteiger partial charge < -0.3 is 20.6 Å². The molecular formula is C22H27Cl2N5O2. The van der Waals surface area contributed by atoms with Crippen molar-refractivity contribution in [3.8, 4) is 0 Å². The second-order valence-electron chi connectivity index (χ2n) is 8.42. The van der Waals surface area contributed by atoms with Crippen LogP contribution < -0.4 is 10.6 Å². The number of halogens is 2. The Labute approximate surface area is 192 Å². The molecular weight excluding hydrogens is 437 g/mol. The van der Waals surface area contributed by atoms with E-state index < -0.39 is 0 Å². The molecule has 2 aliphatic heterocycles. The number of carbonyl (C=O) groups is 1. The lowest BCUT2D eigenvalue weighted by atomic mass is 9.94. The number of benzene rings is 1. The molecule has 31 heavy (non-hydrogen) atoms. The number of aliphatic hydroxyl groups is 1. The summed E-state index contributed by atoms with van der Waals surface area (Å²) < 4.78 is 0. The van der Waals surface area contributed by atoms with E-state index in [0.717, 1.165) is 29.8 Å². The topological polar surface area (TPSA) is 90.4 Å². The molecule has 1 aromatic carbocycles. The Morgan fingerprint density at radius 1 is 1.35 bits per heavy atom. The van der Waals surface area contributed by atoms with Crippen molar-refractivity contribution in [1.82, 2.24) is 25.5 Å². The number of amides is 2. The van der Waals surface area contributed by atoms with Gasteiger partial charge in [-0.25, -0.2) is 14.8 Å². The highest BCUT2D eigenvalue weighted by Crippen LogP contribution is 2.30. The lowest BCUT2D eigenvalue weighted by Gasteiger charge is -2.30. The van der Waals surface area contributed by atoms with Gasteiger partial charge in [0.25, 0.3) is 0 Å². The highest BCUT2D eigenvalue weighted by atomic mass is 35.5. The molecule has 3 N–H and O–H groups in total. The fourth-order valence-electron chi connectivity index (χ4n) is 4.17. The fraction of sp³-hybridized carbons (Fsp3) is 0.500. The van der Waals surface area contributed by atoms with Crippen molar-refractivity contribution < 1.29 is 9.90 Å². The van der Waals surface area contributed by atoms with Crippen LogP contribution in [0.2, 0.25) is 10.0 Å². The summed E-state index contributed by atoms with van der Waals surface area (Å²) in [5, 5.41) is 16.9. The van der Waals surface area contributed by atoms with Crippen LogP contribution in [-0.2, 0) is 19.4 Å². The van der Waals surface area contributed by atoms with Crippen molar-refractivity contribution in [3.05, 3.63) is 57.1 Å². The van der Waals surface area contributed by atoms with Crippen LogP contribution in [0, 0.1) is 5.92 Å². The van der Waals surface area contributed by atoms with Crippen LogP contribution >= 0.6 is 23.2 Å². The molecule has 0 aliphatic carbocycles. The molecule has 1 fully saturated rings. The van der Waals surface area contributed by atoms with Gasteiger partial charge in [-0.05, 0) is 35.6 Å². The molecule has 2 amide bonds. The van der Waals surface area contributed by atoms with Gasteiger partial charge in [-0.2, -0.15) is 0 Å². The van der Waals surface area contributed by atoms with E-state index in [0.29, 0.717) is 41.9 Å². The van der Waals surface area contributed by atoms with Crippen LogP contribution in [0.5, 0.6) is 0 Å². The normalized spacial score (nSPS) is 21.6. The SMILES string of the molecule is C[C@@H](CO)Cc1ncc2c(n1)CN(C(=O)N[C@@H]1CNC[C@H]1c1ccc(Cl)c(Cl)c1)CC2. The van der Waals surface area contributed by atoms with Gasteiger partial charge in [-0.3, -0.25) is 0 Å². The molecule has 3 atom stereocenters. The first-order valence-corrected chi connectivity index (χ1v) is 11.4. The number of hydrogen-bond donors (Lipinski definition) is 3. The zero-order chi connectivity index (χ0) is 22.0. The summed E-state index contributed by atoms with van der Waals surface area (Å²) in [6, 6.07) is 5.52. The molecule has 1 saturated heterocycles. The van der Waals surface area contributed by atoms with E-state index in [1.165, 1.54) is 0 Å². The lowest BCUT2D eigenvalue weighted by Crippen LogP contribution is -2.48. The van der Waals surface area contributed by atoms with Crippen molar-refractivity contribution in [2.45, 2.75) is 38.3 Å². The second-order valence-corrected chi connectivity index (χ2v) is 9.23. The van der Waals surface area contributed by atoms with Crippen molar-refractivity contribution in [3.63, 3.8) is 0 Å². The maximum absolute atomic E-state index is 13.0. The predicted octanol–water partition coefficient (Wildman–Crippen LogP) is 2.78. The fourth-order valence-corrected chi connectivity index (χ4v) is 4.47. The van der Waals surface area contributed by atoms with Crippen LogP contribution in [0.3, 0.4) is 0 Å². The Morgan fingerprint density at radius 3 is 2.97 bits per heavy atom. The number of urea groups is 1. The summed E-state index contributed by atoms with van der Waals surface area (Å²) in [7, 11) is 0. The van der Waals surface area contributed by atoms with Gasteiger partial charge in [0.2, 0.25) is 0 Å². The van der Waals surface area contributed by atoms with E-state index in [1.807, 2.05) is 25.3 Å². The molecule has 1 aromatic heterocycles. The zero-order valence-corrected chi connectivity index (χ0v) is 19.0. The third-order valence-corrected chi connectivity index (χ3v) is 6.76. The molecule has 166 valence electrons. The molecule has 0 unspecified atom stereocenters. The van der Waals surface area contributed by atoms with Gasteiger partial charge in [0, 0.05) is 44.8 Å². The minimum Gasteiger partial charge on any atom is -0.396 e. The smallest absolute Gasteiger partial charge is 0.318 e. The Balaban J connectivity index is 1.42. The molecule has 7 nitrogen and oxygen atoms in total. The van der Waals surface area contributed by atoms with Crippen LogP contribution in [0.15, 0.2) is 24.4 Å². The van der Waals surface area contributed by atoms with E-state index in [1.54, 1.807) is 11.0 Å². The van der Waals surface area contributed by atoms with Gasteiger partial charge in [-0.15, -0.1) is 0 Å². The maximum atomic E-state index is 13.0. The van der Waals surface area contributed by atoms with E-state index in [2.05, 4.69) is 20.6 Å². The Bertz CT molecular complexity index is 957. The van der Waals surface area contributed by atoms with E-state index in [9.17, 15) is 9.90 Å². The van der Waals surface area contributed by atoms with Crippen LogP contribution in [0.4, 0.5) is 4.79 Å². The molecule has 2 aromatic rings. The summed E-state index contributed by atoms with van der Waals surface area (Å²) in [6.07, 6.45) is 3.21. The van der Waals surface area contributed by atoms with Crippen molar-refractivity contribution in [2.24, 2.45) is 5.92 Å². The van der Waals surface area contributed by atoms with Crippen LogP contribution in [0.1, 0.15) is 35.5 Å². The number of nitrogens with one attached hydrogen (secondary N) is 2. The third kappa shape index (κ3) is 5.12. The van der Waals surface area contributed by atoms with Crippen molar-refractivity contribution in [1.29, 1.82) is 0 Å². The Morgan fingerprint density at radius 2 is 2.19 bits per heavy atom. The minimum atomic E-state index is -0.0895. The van der Waals surface area contributed by atoms with Gasteiger partial charge in [-0.1, -0.05) is 36.2 Å². The summed E-state index contributed by atoms with van der Waals surface area (Å²) in [6.45, 7) is 4.62. The molecule has 0 spiro atoms. The number of fused-ring (bicyclic) bond motifs is 1. The number of aliphatic hydroxyl groups excluding tert-OH is 1. The first kappa shape index (κ1) is 22.3. The largest absolute Gasteiger partial charge is 0.396 e. The summed E-state index contributed by atoms with van der Waals surface area (Å²) in [5.41, 5.74) is 3.03.